The first-order valence-electron chi connectivity index (χ1n) is 44.2. The van der Waals surface area contributed by atoms with Crippen LogP contribution in [-0.2, 0) is 92.3 Å². The first kappa shape index (κ1) is 117. The van der Waals surface area contributed by atoms with Crippen molar-refractivity contribution in [1.29, 1.82) is 0 Å². The third kappa shape index (κ3) is 36.0. The molecule has 20 rings (SSSR count). The summed E-state index contributed by atoms with van der Waals surface area (Å²) in [5.74, 6) is 0. The molecule has 716 valence electrons. The smallest absolute Gasteiger partial charge is 0.0242 e. The van der Waals surface area contributed by atoms with Crippen molar-refractivity contribution in [3.8, 4) is 135 Å². The topological polar surface area (TPSA) is 103 Å². The molecule has 0 aliphatic carbocycles. The van der Waals surface area contributed by atoms with E-state index in [0.29, 0.717) is 0 Å². The monoisotopic (exact) mass is 2540 g/mol. The van der Waals surface area contributed by atoms with E-state index in [-0.39, 0.29) is 116 Å². The van der Waals surface area contributed by atoms with Gasteiger partial charge >= 0.3 is 0 Å². The Bertz CT molecular complexity index is 6510. The van der Waals surface area contributed by atoms with Crippen LogP contribution in [0, 0.1) is 90.1 Å². The van der Waals surface area contributed by atoms with Crippen LogP contribution in [-0.4, -0.2) is 39.9 Å². The van der Waals surface area contributed by atoms with E-state index in [9.17, 15) is 0 Å². The number of benzene rings is 12. The Hall–Kier alpha value is -13.6. The molecular weight excluding hydrogens is 2420 g/mol. The van der Waals surface area contributed by atoms with Crippen LogP contribution < -0.4 is 0 Å². The number of pyridine rings is 8. The van der Waals surface area contributed by atoms with E-state index in [4.69, 9.17) is 0 Å². The Balaban J connectivity index is 0.000000282. The van der Waals surface area contributed by atoms with E-state index < -0.39 is 0 Å². The van der Waals surface area contributed by atoms with Crippen molar-refractivity contribution in [3.63, 3.8) is 0 Å². The first-order valence-corrected chi connectivity index (χ1v) is 44.2. The molecule has 0 aliphatic rings. The minimum atomic E-state index is 0. The Morgan fingerprint density at radius 1 is 0.214 bits per heavy atom. The fourth-order valence-corrected chi connectivity index (χ4v) is 14.0. The van der Waals surface area contributed by atoms with Crippen LogP contribution >= 0.6 is 0 Å². The summed E-state index contributed by atoms with van der Waals surface area (Å²) in [6.07, 6.45) is 16.2. The molecule has 8 heterocycles. The van der Waals surface area contributed by atoms with Crippen molar-refractivity contribution in [2.75, 3.05) is 0 Å². The molecule has 0 bridgehead atoms. The molecule has 0 fully saturated rings. The van der Waals surface area contributed by atoms with Crippen molar-refractivity contribution in [2.24, 2.45) is 0 Å². The van der Waals surface area contributed by atoms with E-state index in [1.165, 1.54) is 89.0 Å². The summed E-state index contributed by atoms with van der Waals surface area (Å²) in [6.45, 7) is 21.2. The van der Waals surface area contributed by atoms with E-state index >= 15 is 0 Å². The largest absolute Gasteiger partial charge is 0.305 e. The molecular formula is C128H120Ir4N8-8. The molecule has 0 saturated carbocycles. The Labute approximate surface area is 888 Å². The van der Waals surface area contributed by atoms with Gasteiger partial charge in [0.25, 0.3) is 0 Å². The standard InChI is InChI=1S/C21H20N.C19H16N.2C18H14N.4C12H10N.4CH4.4Ir/c1-21(2,3)19-12-13-22-20(15-19)18-11-7-10-17(14-18)16-8-5-4-6-9-16;1-2-15-13-19(17-11-7-4-8-12-17)20-14-18(15)16-9-5-3-6-10-16;2*1-14-12-18(16-10-6-3-7-11-16)19-13-17(14)15-8-4-2-5-9-15;1-10-7-8-13-12(9-10)11-5-3-2-4-6-11;3*1-10-7-8-12(13-9-10)11-5-3-2-4-6-11;;;;;;;;/h4-10,12-15H,1-3H3;3-11,13-14H,2H2,1H3;2*2-10,12-13H,1H3;4*2-5,7-9H,1H3;4*1H4;;;;/q8*-1;;;;;;;;. The van der Waals surface area contributed by atoms with Crippen LogP contribution in [0.25, 0.3) is 135 Å². The van der Waals surface area contributed by atoms with Crippen LogP contribution in [0.2, 0.25) is 0 Å². The maximum Gasteiger partial charge on any atom is 0.0242 e. The first-order chi connectivity index (χ1) is 64.5. The molecule has 0 atom stereocenters. The van der Waals surface area contributed by atoms with Gasteiger partial charge in [0.2, 0.25) is 0 Å². The summed E-state index contributed by atoms with van der Waals surface area (Å²) in [7, 11) is 0. The predicted octanol–water partition coefficient (Wildman–Crippen LogP) is 33.3. The summed E-state index contributed by atoms with van der Waals surface area (Å²) in [6, 6.07) is 155. The normalized spacial score (nSPS) is 9.79. The van der Waals surface area contributed by atoms with Crippen molar-refractivity contribution in [3.05, 3.63) is 531 Å². The molecule has 0 amide bonds. The van der Waals surface area contributed by atoms with E-state index in [2.05, 4.69) is 276 Å². The van der Waals surface area contributed by atoms with Crippen LogP contribution in [0.3, 0.4) is 0 Å². The van der Waals surface area contributed by atoms with Gasteiger partial charge in [0, 0.05) is 147 Å². The molecule has 0 saturated heterocycles. The molecule has 0 spiro atoms. The van der Waals surface area contributed by atoms with Crippen molar-refractivity contribution in [1.82, 2.24) is 39.9 Å². The second-order valence-electron chi connectivity index (χ2n) is 32.3. The van der Waals surface area contributed by atoms with Gasteiger partial charge in [0.1, 0.15) is 0 Å². The van der Waals surface area contributed by atoms with Crippen LogP contribution in [0.1, 0.15) is 102 Å². The minimum Gasteiger partial charge on any atom is -0.305 e. The Morgan fingerprint density at radius 3 is 0.793 bits per heavy atom. The van der Waals surface area contributed by atoms with E-state index in [0.717, 1.165) is 96.5 Å². The minimum absolute atomic E-state index is 0. The average Bonchev–Trinajstić information content (AvgIpc) is 0.802. The second-order valence-corrected chi connectivity index (χ2v) is 32.3. The van der Waals surface area contributed by atoms with Crippen molar-refractivity contribution < 1.29 is 80.4 Å². The summed E-state index contributed by atoms with van der Waals surface area (Å²) in [5, 5.41) is 0. The molecule has 0 unspecified atom stereocenters. The van der Waals surface area contributed by atoms with Crippen LogP contribution in [0.4, 0.5) is 0 Å². The van der Waals surface area contributed by atoms with Crippen molar-refractivity contribution in [2.45, 2.75) is 111 Å². The van der Waals surface area contributed by atoms with Gasteiger partial charge in [0.15, 0.2) is 0 Å². The van der Waals surface area contributed by atoms with Gasteiger partial charge < -0.3 is 39.9 Å². The number of rotatable bonds is 13. The predicted molar refractivity (Wildman–Crippen MR) is 573 cm³/mol. The summed E-state index contributed by atoms with van der Waals surface area (Å²) >= 11 is 0. The van der Waals surface area contributed by atoms with Gasteiger partial charge in [-0.25, -0.2) is 0 Å². The van der Waals surface area contributed by atoms with Crippen LogP contribution in [0.5, 0.6) is 0 Å². The van der Waals surface area contributed by atoms with Gasteiger partial charge in [0.05, 0.1) is 0 Å². The molecule has 8 nitrogen and oxygen atoms in total. The van der Waals surface area contributed by atoms with Gasteiger partial charge in [-0.05, 0) is 172 Å². The fraction of sp³-hybridized carbons (Fsp3) is 0.125. The summed E-state index contributed by atoms with van der Waals surface area (Å²) in [5.41, 5.74) is 35.7. The third-order valence-electron chi connectivity index (χ3n) is 21.2. The fourth-order valence-electron chi connectivity index (χ4n) is 14.0. The third-order valence-corrected chi connectivity index (χ3v) is 21.2. The average molecular weight is 2540 g/mol. The van der Waals surface area contributed by atoms with Gasteiger partial charge in [-0.2, -0.15) is 0 Å². The second kappa shape index (κ2) is 61.7. The molecule has 140 heavy (non-hydrogen) atoms. The summed E-state index contributed by atoms with van der Waals surface area (Å²) < 4.78 is 0. The van der Waals surface area contributed by atoms with Crippen LogP contribution in [0.15, 0.2) is 438 Å². The maximum absolute atomic E-state index is 4.60. The molecule has 0 N–H and O–H groups in total. The number of nitrogens with zero attached hydrogens (tertiary/aromatic N) is 8. The number of aromatic nitrogens is 8. The number of hydrogen-bond acceptors (Lipinski definition) is 8. The number of hydrogen-bond donors (Lipinski definition) is 0. The maximum atomic E-state index is 4.60. The zero-order valence-corrected chi connectivity index (χ0v) is 87.3. The van der Waals surface area contributed by atoms with Crippen molar-refractivity contribution >= 4 is 0 Å². The quantitative estimate of drug-likeness (QED) is 0.105. The number of aryl methyl sites for hydroxylation is 7. The molecule has 8 aromatic heterocycles. The molecule has 12 aromatic carbocycles. The zero-order valence-electron chi connectivity index (χ0n) is 77.7. The van der Waals surface area contributed by atoms with Gasteiger partial charge in [-0.1, -0.05) is 251 Å². The SMILES string of the molecule is C.C.C.C.CC(C)(C)c1ccnc(-c2[c-]ccc(-c3ccccc3)c2)c1.CCc1cc(-c2[c-]cccc2)ncc1-c1ccccc1.Cc1cc(-c2[c-]cccc2)ncc1-c1ccccc1.Cc1cc(-c2[c-]cccc2)ncc1-c1ccccc1.Cc1ccc(-c2[c-]cccc2)nc1.Cc1ccc(-c2[c-]cccc2)nc1.Cc1ccc(-c2[c-]cccc2)nc1.Cc1ccnc(-c2[c-]cccc2)c1.[Ir].[Ir].[Ir].[Ir]. The zero-order chi connectivity index (χ0) is 91.9. The Morgan fingerprint density at radius 2 is 0.493 bits per heavy atom. The van der Waals surface area contributed by atoms with E-state index in [1.807, 2.05) is 319 Å². The van der Waals surface area contributed by atoms with E-state index in [1.54, 1.807) is 0 Å². The molecule has 12 heteroatoms. The Kier molecular flexibility index (Phi) is 51.5. The van der Waals surface area contributed by atoms with Gasteiger partial charge in [-0.3, -0.25) is 0 Å². The van der Waals surface area contributed by atoms with Gasteiger partial charge in [-0.15, -0.1) is 287 Å². The molecule has 4 radical (unpaired) electrons. The summed E-state index contributed by atoms with van der Waals surface area (Å²) in [4.78, 5) is 35.5. The molecule has 0 aliphatic heterocycles. The molecule has 20 aromatic rings.